The number of rotatable bonds is 4. The fourth-order valence-corrected chi connectivity index (χ4v) is 5.58. The van der Waals surface area contributed by atoms with E-state index in [9.17, 15) is 18.0 Å². The van der Waals surface area contributed by atoms with Crippen LogP contribution in [0, 0.1) is 0 Å². The number of hydrogen-bond acceptors (Lipinski definition) is 5. The van der Waals surface area contributed by atoms with E-state index in [0.29, 0.717) is 23.7 Å². The molecule has 148 valence electrons. The fourth-order valence-electron chi connectivity index (χ4n) is 3.25. The van der Waals surface area contributed by atoms with Crippen LogP contribution in [0.15, 0.2) is 28.0 Å². The number of nitrogens with zero attached hydrogens (tertiary/aromatic N) is 1. The van der Waals surface area contributed by atoms with Crippen molar-refractivity contribution in [2.75, 3.05) is 18.4 Å². The first kappa shape index (κ1) is 20.2. The van der Waals surface area contributed by atoms with Gasteiger partial charge in [-0.2, -0.15) is 0 Å². The molecule has 2 aliphatic rings. The van der Waals surface area contributed by atoms with Crippen molar-refractivity contribution in [3.63, 3.8) is 0 Å². The third-order valence-electron chi connectivity index (χ3n) is 4.54. The number of carbonyl (C=O) groups is 2. The zero-order valence-electron chi connectivity index (χ0n) is 15.5. The van der Waals surface area contributed by atoms with E-state index in [1.807, 2.05) is 0 Å². The highest BCUT2D eigenvalue weighted by atomic mass is 32.2. The van der Waals surface area contributed by atoms with E-state index in [1.165, 1.54) is 23.9 Å². The SMILES string of the molecule is CC(C)NS(=O)(=O)c1ccc2c(c1)NC(=O)C(C(=O)N1CCCCCC1)S2. The largest absolute Gasteiger partial charge is 0.341 e. The Labute approximate surface area is 164 Å². The number of thioether (sulfide) groups is 1. The van der Waals surface area contributed by atoms with Gasteiger partial charge >= 0.3 is 0 Å². The Morgan fingerprint density at radius 2 is 1.89 bits per heavy atom. The van der Waals surface area contributed by atoms with Gasteiger partial charge in [0.2, 0.25) is 21.8 Å². The first-order valence-electron chi connectivity index (χ1n) is 9.20. The molecule has 1 aromatic carbocycles. The zero-order valence-corrected chi connectivity index (χ0v) is 17.2. The van der Waals surface area contributed by atoms with Crippen molar-refractivity contribution in [3.05, 3.63) is 18.2 Å². The summed E-state index contributed by atoms with van der Waals surface area (Å²) in [5, 5.41) is 1.88. The molecule has 2 amide bonds. The number of likely N-dealkylation sites (tertiary alicyclic amines) is 1. The molecule has 0 aromatic heterocycles. The summed E-state index contributed by atoms with van der Waals surface area (Å²) in [5.41, 5.74) is 0.427. The van der Waals surface area contributed by atoms with Crippen LogP contribution in [0.3, 0.4) is 0 Å². The molecule has 0 saturated carbocycles. The van der Waals surface area contributed by atoms with E-state index in [1.54, 1.807) is 24.8 Å². The number of sulfonamides is 1. The van der Waals surface area contributed by atoms with Gasteiger partial charge in [0.1, 0.15) is 0 Å². The number of hydrogen-bond donors (Lipinski definition) is 2. The molecule has 3 rings (SSSR count). The Hall–Kier alpha value is -1.58. The molecule has 0 radical (unpaired) electrons. The molecular weight excluding hydrogens is 386 g/mol. The fraction of sp³-hybridized carbons (Fsp3) is 0.556. The average molecular weight is 412 g/mol. The van der Waals surface area contributed by atoms with Gasteiger partial charge in [-0.15, -0.1) is 11.8 Å². The molecule has 1 saturated heterocycles. The summed E-state index contributed by atoms with van der Waals surface area (Å²) in [6.07, 6.45) is 4.15. The lowest BCUT2D eigenvalue weighted by Crippen LogP contribution is -2.45. The summed E-state index contributed by atoms with van der Waals surface area (Å²) in [6.45, 7) is 4.86. The molecule has 0 spiro atoms. The predicted octanol–water partition coefficient (Wildman–Crippen LogP) is 2.19. The van der Waals surface area contributed by atoms with E-state index in [0.717, 1.165) is 25.7 Å². The van der Waals surface area contributed by atoms with Gasteiger partial charge in [0.05, 0.1) is 10.6 Å². The van der Waals surface area contributed by atoms with Crippen LogP contribution < -0.4 is 10.0 Å². The molecule has 9 heteroatoms. The maximum Gasteiger partial charge on any atom is 0.247 e. The highest BCUT2D eigenvalue weighted by molar-refractivity contribution is 8.01. The zero-order chi connectivity index (χ0) is 19.6. The van der Waals surface area contributed by atoms with Crippen LogP contribution in [0.4, 0.5) is 5.69 Å². The van der Waals surface area contributed by atoms with E-state index in [4.69, 9.17) is 0 Å². The number of nitrogens with one attached hydrogen (secondary N) is 2. The molecule has 2 N–H and O–H groups in total. The van der Waals surface area contributed by atoms with E-state index >= 15 is 0 Å². The molecule has 0 bridgehead atoms. The summed E-state index contributed by atoms with van der Waals surface area (Å²) in [6, 6.07) is 4.36. The molecule has 7 nitrogen and oxygen atoms in total. The van der Waals surface area contributed by atoms with Gasteiger partial charge in [-0.05, 0) is 44.9 Å². The first-order chi connectivity index (χ1) is 12.8. The Morgan fingerprint density at radius 1 is 1.22 bits per heavy atom. The third kappa shape index (κ3) is 4.64. The minimum Gasteiger partial charge on any atom is -0.341 e. The number of anilines is 1. The maximum absolute atomic E-state index is 12.8. The Balaban J connectivity index is 1.79. The van der Waals surface area contributed by atoms with Crippen molar-refractivity contribution in [1.82, 2.24) is 9.62 Å². The normalized spacial score (nSPS) is 20.8. The van der Waals surface area contributed by atoms with Crippen LogP contribution >= 0.6 is 11.8 Å². The van der Waals surface area contributed by atoms with Crippen molar-refractivity contribution >= 4 is 39.3 Å². The van der Waals surface area contributed by atoms with Gasteiger partial charge in [-0.1, -0.05) is 12.8 Å². The number of benzene rings is 1. The standard InChI is InChI=1S/C18H25N3O4S2/c1-12(2)20-27(24,25)13-7-8-15-14(11-13)19-17(22)16(26-15)18(23)21-9-5-3-4-6-10-21/h7-8,11-12,16,20H,3-6,9-10H2,1-2H3,(H,19,22). The lowest BCUT2D eigenvalue weighted by atomic mass is 10.2. The molecule has 2 heterocycles. The van der Waals surface area contributed by atoms with Crippen LogP contribution in [0.5, 0.6) is 0 Å². The van der Waals surface area contributed by atoms with Crippen LogP contribution in [0.25, 0.3) is 0 Å². The smallest absolute Gasteiger partial charge is 0.247 e. The number of carbonyl (C=O) groups excluding carboxylic acids is 2. The molecule has 1 atom stereocenters. The number of fused-ring (bicyclic) bond motifs is 1. The van der Waals surface area contributed by atoms with Crippen LogP contribution in [-0.2, 0) is 19.6 Å². The molecular formula is C18H25N3O4S2. The van der Waals surface area contributed by atoms with Crippen molar-refractivity contribution in [3.8, 4) is 0 Å². The van der Waals surface area contributed by atoms with Crippen molar-refractivity contribution < 1.29 is 18.0 Å². The van der Waals surface area contributed by atoms with E-state index < -0.39 is 21.2 Å². The first-order valence-corrected chi connectivity index (χ1v) is 11.6. The second kappa shape index (κ2) is 8.20. The van der Waals surface area contributed by atoms with Crippen LogP contribution in [-0.4, -0.2) is 49.5 Å². The van der Waals surface area contributed by atoms with Gasteiger partial charge in [-0.25, -0.2) is 13.1 Å². The topological polar surface area (TPSA) is 95.6 Å². The van der Waals surface area contributed by atoms with Gasteiger partial charge in [-0.3, -0.25) is 9.59 Å². The molecule has 27 heavy (non-hydrogen) atoms. The van der Waals surface area contributed by atoms with Crippen molar-refractivity contribution in [2.24, 2.45) is 0 Å². The maximum atomic E-state index is 12.8. The van der Waals surface area contributed by atoms with Crippen molar-refractivity contribution in [1.29, 1.82) is 0 Å². The third-order valence-corrected chi connectivity index (χ3v) is 7.45. The molecule has 2 aliphatic heterocycles. The summed E-state index contributed by atoms with van der Waals surface area (Å²) >= 11 is 1.19. The van der Waals surface area contributed by atoms with Crippen LogP contribution in [0.2, 0.25) is 0 Å². The van der Waals surface area contributed by atoms with Gasteiger partial charge in [0.15, 0.2) is 5.25 Å². The molecule has 1 fully saturated rings. The predicted molar refractivity (Wildman–Crippen MR) is 105 cm³/mol. The van der Waals surface area contributed by atoms with Crippen molar-refractivity contribution in [2.45, 2.75) is 60.6 Å². The van der Waals surface area contributed by atoms with E-state index in [-0.39, 0.29) is 16.8 Å². The van der Waals surface area contributed by atoms with Gasteiger partial charge < -0.3 is 10.2 Å². The molecule has 1 aromatic rings. The summed E-state index contributed by atoms with van der Waals surface area (Å²) in [5.74, 6) is -0.559. The lowest BCUT2D eigenvalue weighted by molar-refractivity contribution is -0.133. The summed E-state index contributed by atoms with van der Waals surface area (Å²) < 4.78 is 27.2. The lowest BCUT2D eigenvalue weighted by Gasteiger charge is -2.29. The average Bonchev–Trinajstić information content (AvgIpc) is 2.88. The minimum atomic E-state index is -3.65. The molecule has 0 aliphatic carbocycles. The van der Waals surface area contributed by atoms with Crippen LogP contribution in [0.1, 0.15) is 39.5 Å². The van der Waals surface area contributed by atoms with Gasteiger partial charge in [0.25, 0.3) is 0 Å². The Bertz CT molecular complexity index is 831. The summed E-state index contributed by atoms with van der Waals surface area (Å²) in [4.78, 5) is 27.9. The minimum absolute atomic E-state index is 0.0909. The highest BCUT2D eigenvalue weighted by Crippen LogP contribution is 2.38. The Kier molecular flexibility index (Phi) is 6.12. The quantitative estimate of drug-likeness (QED) is 0.741. The second-order valence-corrected chi connectivity index (χ2v) is 10.0. The second-order valence-electron chi connectivity index (χ2n) is 7.16. The van der Waals surface area contributed by atoms with Gasteiger partial charge in [0, 0.05) is 24.0 Å². The number of amides is 2. The highest BCUT2D eigenvalue weighted by Gasteiger charge is 2.36. The Morgan fingerprint density at radius 3 is 2.52 bits per heavy atom. The van der Waals surface area contributed by atoms with E-state index in [2.05, 4.69) is 10.0 Å². The monoisotopic (exact) mass is 411 g/mol. The summed E-state index contributed by atoms with van der Waals surface area (Å²) in [7, 11) is -3.65. The molecule has 1 unspecified atom stereocenters.